The third-order valence-electron chi connectivity index (χ3n) is 4.77. The van der Waals surface area contributed by atoms with Crippen LogP contribution in [0.1, 0.15) is 46.8 Å². The second-order valence-corrected chi connectivity index (χ2v) is 6.83. The molecule has 1 fully saturated rings. The molecule has 27 heavy (non-hydrogen) atoms. The summed E-state index contributed by atoms with van der Waals surface area (Å²) in [6, 6.07) is 13.5. The Morgan fingerprint density at radius 1 is 1.15 bits per heavy atom. The highest BCUT2D eigenvalue weighted by molar-refractivity contribution is 5.94. The fraction of sp³-hybridized carbons (Fsp3) is 0.364. The molecule has 0 spiro atoms. The molecule has 0 saturated carbocycles. The van der Waals surface area contributed by atoms with Crippen LogP contribution >= 0.6 is 0 Å². The molecular formula is C22H26N2O3. The van der Waals surface area contributed by atoms with Gasteiger partial charge in [-0.15, -0.1) is 0 Å². The molecular weight excluding hydrogens is 340 g/mol. The van der Waals surface area contributed by atoms with Gasteiger partial charge in [-0.3, -0.25) is 9.59 Å². The van der Waals surface area contributed by atoms with Gasteiger partial charge in [-0.1, -0.05) is 30.3 Å². The van der Waals surface area contributed by atoms with Gasteiger partial charge < -0.3 is 15.0 Å². The summed E-state index contributed by atoms with van der Waals surface area (Å²) in [5.41, 5.74) is 3.74. The van der Waals surface area contributed by atoms with E-state index in [9.17, 15) is 9.59 Å². The zero-order chi connectivity index (χ0) is 19.2. The number of amides is 2. The number of carbonyl (C=O) groups excluding carboxylic acids is 2. The lowest BCUT2D eigenvalue weighted by atomic mass is 10.1. The van der Waals surface area contributed by atoms with Gasteiger partial charge in [-0.2, -0.15) is 0 Å². The van der Waals surface area contributed by atoms with Gasteiger partial charge in [-0.05, 0) is 49.1 Å². The van der Waals surface area contributed by atoms with Crippen molar-refractivity contribution in [3.05, 3.63) is 64.7 Å². The molecule has 0 radical (unpaired) electrons. The van der Waals surface area contributed by atoms with Crippen molar-refractivity contribution in [2.45, 2.75) is 39.8 Å². The van der Waals surface area contributed by atoms with Crippen LogP contribution in [0.2, 0.25) is 0 Å². The Hall–Kier alpha value is -2.82. The molecule has 0 aliphatic carbocycles. The Labute approximate surface area is 160 Å². The fourth-order valence-electron chi connectivity index (χ4n) is 3.19. The zero-order valence-electron chi connectivity index (χ0n) is 16.0. The van der Waals surface area contributed by atoms with Crippen molar-refractivity contribution in [1.82, 2.24) is 10.2 Å². The summed E-state index contributed by atoms with van der Waals surface area (Å²) in [6.45, 7) is 6.42. The van der Waals surface area contributed by atoms with E-state index in [0.717, 1.165) is 35.4 Å². The van der Waals surface area contributed by atoms with Crippen LogP contribution in [0.25, 0.3) is 0 Å². The molecule has 2 aromatic carbocycles. The predicted molar refractivity (Wildman–Crippen MR) is 105 cm³/mol. The number of aryl methyl sites for hydroxylation is 1. The van der Waals surface area contributed by atoms with Gasteiger partial charge in [0.15, 0.2) is 0 Å². The molecule has 0 aromatic heterocycles. The first-order valence-electron chi connectivity index (χ1n) is 9.44. The lowest BCUT2D eigenvalue weighted by Crippen LogP contribution is -2.24. The molecule has 1 N–H and O–H groups in total. The molecule has 5 nitrogen and oxygen atoms in total. The number of carbonyl (C=O) groups is 2. The Kier molecular flexibility index (Phi) is 6.12. The van der Waals surface area contributed by atoms with Crippen LogP contribution in [0, 0.1) is 6.92 Å². The molecule has 2 amide bonds. The summed E-state index contributed by atoms with van der Waals surface area (Å²) in [6.07, 6.45) is 1.61. The average molecular weight is 366 g/mol. The molecule has 0 atom stereocenters. The molecule has 0 unspecified atom stereocenters. The van der Waals surface area contributed by atoms with E-state index in [4.69, 9.17) is 4.74 Å². The number of hydrogen-bond donors (Lipinski definition) is 1. The highest BCUT2D eigenvalue weighted by Gasteiger charge is 2.19. The summed E-state index contributed by atoms with van der Waals surface area (Å²) in [5.74, 6) is 0.851. The SMILES string of the molecule is CCOc1cc(C(=O)NCc2ccc(CN3CCCC3=O)cc2)ccc1C. The van der Waals surface area contributed by atoms with E-state index in [1.165, 1.54) is 0 Å². The normalized spacial score (nSPS) is 13.7. The second kappa shape index (κ2) is 8.71. The molecule has 1 heterocycles. The minimum absolute atomic E-state index is 0.123. The monoisotopic (exact) mass is 366 g/mol. The summed E-state index contributed by atoms with van der Waals surface area (Å²) in [7, 11) is 0. The maximum Gasteiger partial charge on any atom is 0.251 e. The number of rotatable bonds is 7. The fourth-order valence-corrected chi connectivity index (χ4v) is 3.19. The average Bonchev–Trinajstić information content (AvgIpc) is 3.07. The highest BCUT2D eigenvalue weighted by Crippen LogP contribution is 2.20. The molecule has 142 valence electrons. The number of hydrogen-bond acceptors (Lipinski definition) is 3. The van der Waals surface area contributed by atoms with Gasteiger partial charge >= 0.3 is 0 Å². The molecule has 1 aliphatic rings. The van der Waals surface area contributed by atoms with E-state index in [0.29, 0.717) is 31.7 Å². The predicted octanol–water partition coefficient (Wildman–Crippen LogP) is 3.45. The van der Waals surface area contributed by atoms with E-state index < -0.39 is 0 Å². The van der Waals surface area contributed by atoms with Gasteiger partial charge in [0.25, 0.3) is 5.91 Å². The lowest BCUT2D eigenvalue weighted by Gasteiger charge is -2.15. The van der Waals surface area contributed by atoms with Crippen molar-refractivity contribution < 1.29 is 14.3 Å². The highest BCUT2D eigenvalue weighted by atomic mass is 16.5. The molecule has 0 bridgehead atoms. The standard InChI is InChI=1S/C22H26N2O3/c1-3-27-20-13-19(11-6-16(20)2)22(26)23-14-17-7-9-18(10-8-17)15-24-12-4-5-21(24)25/h6-11,13H,3-5,12,14-15H2,1-2H3,(H,23,26). The van der Waals surface area contributed by atoms with E-state index >= 15 is 0 Å². The van der Waals surface area contributed by atoms with Crippen LogP contribution in [-0.2, 0) is 17.9 Å². The van der Waals surface area contributed by atoms with Crippen LogP contribution in [0.3, 0.4) is 0 Å². The number of likely N-dealkylation sites (tertiary alicyclic amines) is 1. The first-order chi connectivity index (χ1) is 13.1. The Bertz CT molecular complexity index is 815. The van der Waals surface area contributed by atoms with Gasteiger partial charge in [-0.25, -0.2) is 0 Å². The van der Waals surface area contributed by atoms with E-state index in [1.807, 2.05) is 55.1 Å². The minimum Gasteiger partial charge on any atom is -0.494 e. The maximum atomic E-state index is 12.4. The zero-order valence-corrected chi connectivity index (χ0v) is 16.0. The van der Waals surface area contributed by atoms with Crippen LogP contribution in [0.5, 0.6) is 5.75 Å². The maximum absolute atomic E-state index is 12.4. The van der Waals surface area contributed by atoms with Gasteiger partial charge in [0.1, 0.15) is 5.75 Å². The molecule has 5 heteroatoms. The van der Waals surface area contributed by atoms with Crippen molar-refractivity contribution in [3.63, 3.8) is 0 Å². The minimum atomic E-state index is -0.123. The molecule has 2 aromatic rings. The van der Waals surface area contributed by atoms with E-state index in [1.54, 1.807) is 6.07 Å². The number of ether oxygens (including phenoxy) is 1. The van der Waals surface area contributed by atoms with Crippen molar-refractivity contribution in [1.29, 1.82) is 0 Å². The summed E-state index contributed by atoms with van der Waals surface area (Å²) in [4.78, 5) is 26.0. The topological polar surface area (TPSA) is 58.6 Å². The summed E-state index contributed by atoms with van der Waals surface area (Å²) < 4.78 is 5.56. The van der Waals surface area contributed by atoms with E-state index in [2.05, 4.69) is 5.32 Å². The number of nitrogens with zero attached hydrogens (tertiary/aromatic N) is 1. The largest absolute Gasteiger partial charge is 0.494 e. The van der Waals surface area contributed by atoms with E-state index in [-0.39, 0.29) is 11.8 Å². The van der Waals surface area contributed by atoms with Crippen LogP contribution in [0.15, 0.2) is 42.5 Å². The first kappa shape index (κ1) is 19.0. The van der Waals surface area contributed by atoms with Crippen molar-refractivity contribution in [2.75, 3.05) is 13.2 Å². The molecule has 1 aliphatic heterocycles. The molecule has 1 saturated heterocycles. The smallest absolute Gasteiger partial charge is 0.251 e. The van der Waals surface area contributed by atoms with Crippen molar-refractivity contribution in [2.24, 2.45) is 0 Å². The Balaban J connectivity index is 1.55. The lowest BCUT2D eigenvalue weighted by molar-refractivity contribution is -0.128. The quantitative estimate of drug-likeness (QED) is 0.817. The van der Waals surface area contributed by atoms with Gasteiger partial charge in [0, 0.05) is 31.6 Å². The Morgan fingerprint density at radius 3 is 2.56 bits per heavy atom. The van der Waals surface area contributed by atoms with Crippen LogP contribution in [-0.4, -0.2) is 29.9 Å². The van der Waals surface area contributed by atoms with Gasteiger partial charge in [0.2, 0.25) is 5.91 Å². The van der Waals surface area contributed by atoms with Gasteiger partial charge in [0.05, 0.1) is 6.61 Å². The third-order valence-corrected chi connectivity index (χ3v) is 4.77. The van der Waals surface area contributed by atoms with Crippen LogP contribution < -0.4 is 10.1 Å². The molecule has 3 rings (SSSR count). The van der Waals surface area contributed by atoms with Crippen LogP contribution in [0.4, 0.5) is 0 Å². The number of benzene rings is 2. The third kappa shape index (κ3) is 4.88. The Morgan fingerprint density at radius 2 is 1.89 bits per heavy atom. The first-order valence-corrected chi connectivity index (χ1v) is 9.44. The summed E-state index contributed by atoms with van der Waals surface area (Å²) >= 11 is 0. The van der Waals surface area contributed by atoms with Crippen molar-refractivity contribution in [3.8, 4) is 5.75 Å². The number of nitrogens with one attached hydrogen (secondary N) is 1. The second-order valence-electron chi connectivity index (χ2n) is 6.83. The summed E-state index contributed by atoms with van der Waals surface area (Å²) in [5, 5.41) is 2.94. The van der Waals surface area contributed by atoms with Crippen molar-refractivity contribution >= 4 is 11.8 Å².